The van der Waals surface area contributed by atoms with Crippen molar-refractivity contribution in [1.82, 2.24) is 20.2 Å². The quantitative estimate of drug-likeness (QED) is 0.319. The van der Waals surface area contributed by atoms with Crippen molar-refractivity contribution in [2.75, 3.05) is 13.7 Å². The molecule has 2 aromatic carbocycles. The van der Waals surface area contributed by atoms with Crippen molar-refractivity contribution in [3.05, 3.63) is 84.3 Å². The summed E-state index contributed by atoms with van der Waals surface area (Å²) in [6.45, 7) is 0.198. The Hall–Kier alpha value is -4.20. The molecular formula is C23H20N4O4. The van der Waals surface area contributed by atoms with Crippen LogP contribution in [-0.2, 0) is 16.0 Å². The summed E-state index contributed by atoms with van der Waals surface area (Å²) in [6.07, 6.45) is 3.64. The third-order valence-electron chi connectivity index (χ3n) is 4.54. The first-order valence-corrected chi connectivity index (χ1v) is 9.64. The zero-order valence-electron chi connectivity index (χ0n) is 16.8. The van der Waals surface area contributed by atoms with Crippen LogP contribution in [0.1, 0.15) is 11.3 Å². The Morgan fingerprint density at radius 1 is 1.06 bits per heavy atom. The molecule has 8 heteroatoms. The molecule has 0 bridgehead atoms. The average molecular weight is 416 g/mol. The van der Waals surface area contributed by atoms with E-state index in [2.05, 4.69) is 15.5 Å². The van der Waals surface area contributed by atoms with Gasteiger partial charge < -0.3 is 13.9 Å². The lowest BCUT2D eigenvalue weighted by Gasteiger charge is -2.10. The van der Waals surface area contributed by atoms with Gasteiger partial charge in [0.15, 0.2) is 11.5 Å². The fourth-order valence-electron chi connectivity index (χ4n) is 2.96. The van der Waals surface area contributed by atoms with Crippen molar-refractivity contribution in [2.45, 2.75) is 6.42 Å². The lowest BCUT2D eigenvalue weighted by atomic mass is 10.1. The highest BCUT2D eigenvalue weighted by Crippen LogP contribution is 2.21. The highest BCUT2D eigenvalue weighted by atomic mass is 16.5. The van der Waals surface area contributed by atoms with Gasteiger partial charge in [-0.25, -0.2) is 4.79 Å². The van der Waals surface area contributed by atoms with Gasteiger partial charge in [-0.1, -0.05) is 42.5 Å². The van der Waals surface area contributed by atoms with Crippen molar-refractivity contribution in [2.24, 2.45) is 0 Å². The van der Waals surface area contributed by atoms with Crippen molar-refractivity contribution in [3.8, 4) is 17.1 Å². The highest BCUT2D eigenvalue weighted by molar-refractivity contribution is 6.15. The Morgan fingerprint density at radius 2 is 1.87 bits per heavy atom. The third kappa shape index (κ3) is 4.87. The lowest BCUT2D eigenvalue weighted by Crippen LogP contribution is -2.16. The molecule has 0 aliphatic rings. The second-order valence-electron chi connectivity index (χ2n) is 6.56. The topological polar surface area (TPSA) is 92.3 Å². The molecule has 156 valence electrons. The normalized spacial score (nSPS) is 11.3. The zero-order valence-corrected chi connectivity index (χ0v) is 16.8. The van der Waals surface area contributed by atoms with Crippen LogP contribution in [0.5, 0.6) is 5.75 Å². The van der Waals surface area contributed by atoms with Crippen molar-refractivity contribution in [3.63, 3.8) is 0 Å². The summed E-state index contributed by atoms with van der Waals surface area (Å²) < 4.78 is 17.4. The van der Waals surface area contributed by atoms with Gasteiger partial charge in [-0.3, -0.25) is 0 Å². The standard InChI is InChI=1S/C23H20N4O4/c1-29-19-11-9-17(10-12-19)13-15-31-23(28)21(16-20-8-5-14-30-20)27-22(24-25-26-27)18-6-3-2-4-7-18/h2-12,14,16H,13,15H2,1H3/b21-16-. The van der Waals surface area contributed by atoms with Gasteiger partial charge in [-0.2, -0.15) is 4.68 Å². The number of carbonyl (C=O) groups is 1. The summed E-state index contributed by atoms with van der Waals surface area (Å²) in [5.74, 6) is 1.12. The monoisotopic (exact) mass is 416 g/mol. The molecular weight excluding hydrogens is 396 g/mol. The Labute approximate surface area is 178 Å². The number of aromatic nitrogens is 4. The number of furan rings is 1. The molecule has 0 atom stereocenters. The van der Waals surface area contributed by atoms with Crippen LogP contribution in [0.4, 0.5) is 0 Å². The van der Waals surface area contributed by atoms with Crippen LogP contribution < -0.4 is 4.74 Å². The number of ether oxygens (including phenoxy) is 2. The average Bonchev–Trinajstić information content (AvgIpc) is 3.50. The van der Waals surface area contributed by atoms with Gasteiger partial charge in [0.1, 0.15) is 11.5 Å². The predicted octanol–water partition coefficient (Wildman–Crippen LogP) is 3.73. The van der Waals surface area contributed by atoms with E-state index in [0.29, 0.717) is 18.0 Å². The highest BCUT2D eigenvalue weighted by Gasteiger charge is 2.21. The molecule has 4 aromatic rings. The molecule has 31 heavy (non-hydrogen) atoms. The molecule has 0 aliphatic heterocycles. The number of hydrogen-bond acceptors (Lipinski definition) is 7. The number of rotatable bonds is 8. The molecule has 2 aromatic heterocycles. The van der Waals surface area contributed by atoms with Gasteiger partial charge in [-0.15, -0.1) is 5.10 Å². The van der Waals surface area contributed by atoms with Crippen LogP contribution in [0.3, 0.4) is 0 Å². The van der Waals surface area contributed by atoms with E-state index in [4.69, 9.17) is 13.9 Å². The Kier molecular flexibility index (Phi) is 6.18. The Balaban J connectivity index is 1.55. The maximum absolute atomic E-state index is 13.0. The molecule has 0 amide bonds. The molecule has 0 aliphatic carbocycles. The van der Waals surface area contributed by atoms with Crippen LogP contribution in [-0.4, -0.2) is 39.9 Å². The molecule has 4 rings (SSSR count). The lowest BCUT2D eigenvalue weighted by molar-refractivity contribution is -0.136. The number of nitrogens with zero attached hydrogens (tertiary/aromatic N) is 4. The van der Waals surface area contributed by atoms with E-state index >= 15 is 0 Å². The zero-order chi connectivity index (χ0) is 21.5. The molecule has 0 saturated carbocycles. The van der Waals surface area contributed by atoms with E-state index in [-0.39, 0.29) is 12.3 Å². The minimum Gasteiger partial charge on any atom is -0.497 e. The van der Waals surface area contributed by atoms with Gasteiger partial charge >= 0.3 is 5.97 Å². The second kappa shape index (κ2) is 9.53. The van der Waals surface area contributed by atoms with Crippen LogP contribution >= 0.6 is 0 Å². The summed E-state index contributed by atoms with van der Waals surface area (Å²) in [5, 5.41) is 11.8. The first-order chi connectivity index (χ1) is 15.2. The van der Waals surface area contributed by atoms with E-state index in [1.165, 1.54) is 10.9 Å². The van der Waals surface area contributed by atoms with E-state index in [1.807, 2.05) is 54.6 Å². The van der Waals surface area contributed by atoms with E-state index in [0.717, 1.165) is 16.9 Å². The number of carbonyl (C=O) groups excluding carboxylic acids is 1. The van der Waals surface area contributed by atoms with Crippen LogP contribution in [0.25, 0.3) is 23.2 Å². The molecule has 0 fully saturated rings. The first-order valence-electron chi connectivity index (χ1n) is 9.64. The molecule has 0 saturated heterocycles. The van der Waals surface area contributed by atoms with E-state index in [1.54, 1.807) is 25.3 Å². The molecule has 0 N–H and O–H groups in total. The van der Waals surface area contributed by atoms with Gasteiger partial charge in [0.05, 0.1) is 20.0 Å². The van der Waals surface area contributed by atoms with E-state index in [9.17, 15) is 4.79 Å². The summed E-state index contributed by atoms with van der Waals surface area (Å²) in [4.78, 5) is 13.0. The molecule has 0 spiro atoms. The minimum absolute atomic E-state index is 0.147. The smallest absolute Gasteiger partial charge is 0.357 e. The van der Waals surface area contributed by atoms with Gasteiger partial charge in [0.25, 0.3) is 0 Å². The third-order valence-corrected chi connectivity index (χ3v) is 4.54. The second-order valence-corrected chi connectivity index (χ2v) is 6.56. The van der Waals surface area contributed by atoms with Crippen molar-refractivity contribution >= 4 is 17.7 Å². The number of hydrogen-bond donors (Lipinski definition) is 0. The van der Waals surface area contributed by atoms with Gasteiger partial charge in [-0.05, 0) is 40.3 Å². The van der Waals surface area contributed by atoms with Crippen LogP contribution in [0.2, 0.25) is 0 Å². The Morgan fingerprint density at radius 3 is 2.58 bits per heavy atom. The summed E-state index contributed by atoms with van der Waals surface area (Å²) in [6, 6.07) is 20.4. The van der Waals surface area contributed by atoms with Gasteiger partial charge in [0, 0.05) is 18.1 Å². The summed E-state index contributed by atoms with van der Waals surface area (Å²) in [5.41, 5.74) is 1.94. The maximum Gasteiger partial charge on any atom is 0.357 e. The maximum atomic E-state index is 13.0. The SMILES string of the molecule is COc1ccc(CCOC(=O)/C(=C/c2ccco2)n2nnnc2-c2ccccc2)cc1. The fourth-order valence-corrected chi connectivity index (χ4v) is 2.96. The van der Waals surface area contributed by atoms with Crippen molar-refractivity contribution in [1.29, 1.82) is 0 Å². The fraction of sp³-hybridized carbons (Fsp3) is 0.130. The number of esters is 1. The van der Waals surface area contributed by atoms with E-state index < -0.39 is 5.97 Å². The van der Waals surface area contributed by atoms with Crippen LogP contribution in [0.15, 0.2) is 77.4 Å². The minimum atomic E-state index is -0.561. The summed E-state index contributed by atoms with van der Waals surface area (Å²) >= 11 is 0. The Bertz CT molecular complexity index is 1150. The largest absolute Gasteiger partial charge is 0.497 e. The summed E-state index contributed by atoms with van der Waals surface area (Å²) in [7, 11) is 1.62. The van der Waals surface area contributed by atoms with Crippen molar-refractivity contribution < 1.29 is 18.7 Å². The number of tetrazole rings is 1. The number of benzene rings is 2. The predicted molar refractivity (Wildman–Crippen MR) is 114 cm³/mol. The molecule has 2 heterocycles. The molecule has 0 unspecified atom stereocenters. The first kappa shape index (κ1) is 20.1. The number of methoxy groups -OCH3 is 1. The van der Waals surface area contributed by atoms with Gasteiger partial charge in [0.2, 0.25) is 0 Å². The molecule has 0 radical (unpaired) electrons. The van der Waals surface area contributed by atoms with Crippen LogP contribution in [0, 0.1) is 0 Å². The molecule has 8 nitrogen and oxygen atoms in total.